The summed E-state index contributed by atoms with van der Waals surface area (Å²) in [6.07, 6.45) is 3.54. The Bertz CT molecular complexity index is 612. The number of aromatic nitrogens is 2. The molecule has 2 aromatic rings. The number of hydrogen-bond acceptors (Lipinski definition) is 3. The molecule has 0 radical (unpaired) electrons. The van der Waals surface area contributed by atoms with Gasteiger partial charge in [0.15, 0.2) is 0 Å². The summed E-state index contributed by atoms with van der Waals surface area (Å²) in [5.41, 5.74) is 1.57. The van der Waals surface area contributed by atoms with E-state index in [1.807, 2.05) is 23.9 Å². The van der Waals surface area contributed by atoms with E-state index in [2.05, 4.69) is 29.1 Å². The maximum absolute atomic E-state index is 10.9. The molecule has 0 atom stereocenters. The third-order valence-corrected chi connectivity index (χ3v) is 4.66. The molecule has 2 heterocycles. The minimum Gasteiger partial charge on any atom is -0.389 e. The first kappa shape index (κ1) is 14.5. The molecule has 1 fully saturated rings. The Balaban J connectivity index is 1.76. The number of fused-ring (bicyclic) bond motifs is 1. The Kier molecular flexibility index (Phi) is 4.00. The first-order chi connectivity index (χ1) is 10.1. The van der Waals surface area contributed by atoms with Gasteiger partial charge in [0, 0.05) is 31.9 Å². The molecule has 1 aromatic heterocycles. The van der Waals surface area contributed by atoms with E-state index in [0.717, 1.165) is 43.7 Å². The van der Waals surface area contributed by atoms with Crippen LogP contribution in [0.15, 0.2) is 24.3 Å². The van der Waals surface area contributed by atoms with E-state index >= 15 is 0 Å². The van der Waals surface area contributed by atoms with Gasteiger partial charge >= 0.3 is 0 Å². The number of aryl methyl sites for hydroxylation is 1. The molecule has 114 valence electrons. The summed E-state index contributed by atoms with van der Waals surface area (Å²) in [6, 6.07) is 8.26. The normalized spacial score (nSPS) is 19.2. The molecule has 3 rings (SSSR count). The quantitative estimate of drug-likeness (QED) is 0.938. The van der Waals surface area contributed by atoms with Crippen LogP contribution in [0, 0.1) is 0 Å². The van der Waals surface area contributed by atoms with Crippen molar-refractivity contribution in [2.45, 2.75) is 38.2 Å². The van der Waals surface area contributed by atoms with Crippen LogP contribution >= 0.6 is 0 Å². The molecule has 0 unspecified atom stereocenters. The molecule has 1 saturated heterocycles. The first-order valence-corrected chi connectivity index (χ1v) is 7.97. The van der Waals surface area contributed by atoms with Crippen LogP contribution in [0.2, 0.25) is 0 Å². The SMILES string of the molecule is CCCN1CCC(O)(Cc2nn(C)c3ccccc23)CC1. The van der Waals surface area contributed by atoms with Crippen LogP contribution in [0.1, 0.15) is 31.9 Å². The molecule has 21 heavy (non-hydrogen) atoms. The Morgan fingerprint density at radius 3 is 2.67 bits per heavy atom. The largest absolute Gasteiger partial charge is 0.389 e. The number of hydrogen-bond donors (Lipinski definition) is 1. The average Bonchev–Trinajstić information content (AvgIpc) is 2.79. The van der Waals surface area contributed by atoms with E-state index in [1.54, 1.807) is 0 Å². The summed E-state index contributed by atoms with van der Waals surface area (Å²) in [5.74, 6) is 0. The lowest BCUT2D eigenvalue weighted by molar-refractivity contribution is -0.0210. The molecular weight excluding hydrogens is 262 g/mol. The highest BCUT2D eigenvalue weighted by atomic mass is 16.3. The molecule has 1 aromatic carbocycles. The van der Waals surface area contributed by atoms with Gasteiger partial charge in [0.05, 0.1) is 16.8 Å². The van der Waals surface area contributed by atoms with E-state index < -0.39 is 5.60 Å². The summed E-state index contributed by atoms with van der Waals surface area (Å²) < 4.78 is 1.92. The van der Waals surface area contributed by atoms with Crippen LogP contribution in [0.3, 0.4) is 0 Å². The van der Waals surface area contributed by atoms with Gasteiger partial charge in [0.1, 0.15) is 0 Å². The number of likely N-dealkylation sites (tertiary alicyclic amines) is 1. The number of nitrogens with zero attached hydrogens (tertiary/aromatic N) is 3. The maximum atomic E-state index is 10.9. The summed E-state index contributed by atoms with van der Waals surface area (Å²) in [6.45, 7) is 5.34. The Morgan fingerprint density at radius 2 is 1.95 bits per heavy atom. The molecule has 0 bridgehead atoms. The van der Waals surface area contributed by atoms with E-state index in [9.17, 15) is 5.11 Å². The monoisotopic (exact) mass is 287 g/mol. The highest BCUT2D eigenvalue weighted by Crippen LogP contribution is 2.29. The molecule has 4 nitrogen and oxygen atoms in total. The minimum absolute atomic E-state index is 0.596. The predicted octanol–water partition coefficient (Wildman–Crippen LogP) is 2.35. The van der Waals surface area contributed by atoms with Gasteiger partial charge in [-0.2, -0.15) is 5.10 Å². The third-order valence-electron chi connectivity index (χ3n) is 4.66. The number of piperidine rings is 1. The Morgan fingerprint density at radius 1 is 1.24 bits per heavy atom. The zero-order valence-electron chi connectivity index (χ0n) is 13.0. The lowest BCUT2D eigenvalue weighted by Gasteiger charge is -2.37. The molecule has 0 amide bonds. The fourth-order valence-corrected chi connectivity index (χ4v) is 3.42. The second-order valence-corrected chi connectivity index (χ2v) is 6.33. The molecule has 1 aliphatic rings. The number of para-hydroxylation sites is 1. The molecule has 0 saturated carbocycles. The Labute approximate surface area is 126 Å². The van der Waals surface area contributed by atoms with Crippen molar-refractivity contribution >= 4 is 10.9 Å². The van der Waals surface area contributed by atoms with Crippen LogP contribution in [0.5, 0.6) is 0 Å². The van der Waals surface area contributed by atoms with Crippen LogP contribution in [-0.2, 0) is 13.5 Å². The van der Waals surface area contributed by atoms with Gasteiger partial charge in [0.2, 0.25) is 0 Å². The van der Waals surface area contributed by atoms with Crippen LogP contribution < -0.4 is 0 Å². The van der Waals surface area contributed by atoms with Gasteiger partial charge in [-0.1, -0.05) is 25.1 Å². The van der Waals surface area contributed by atoms with Gasteiger partial charge in [-0.15, -0.1) is 0 Å². The van der Waals surface area contributed by atoms with Crippen LogP contribution in [0.4, 0.5) is 0 Å². The first-order valence-electron chi connectivity index (χ1n) is 7.97. The van der Waals surface area contributed by atoms with Crippen LogP contribution in [0.25, 0.3) is 10.9 Å². The van der Waals surface area contributed by atoms with Crippen molar-refractivity contribution in [3.8, 4) is 0 Å². The van der Waals surface area contributed by atoms with Crippen molar-refractivity contribution < 1.29 is 5.11 Å². The predicted molar refractivity (Wildman–Crippen MR) is 85.3 cm³/mol. The van der Waals surface area contributed by atoms with Crippen molar-refractivity contribution in [1.29, 1.82) is 0 Å². The topological polar surface area (TPSA) is 41.3 Å². The molecule has 0 spiro atoms. The van der Waals surface area contributed by atoms with E-state index in [0.29, 0.717) is 6.42 Å². The van der Waals surface area contributed by atoms with Crippen molar-refractivity contribution in [3.63, 3.8) is 0 Å². The zero-order valence-corrected chi connectivity index (χ0v) is 13.0. The van der Waals surface area contributed by atoms with E-state index in [-0.39, 0.29) is 0 Å². The number of rotatable bonds is 4. The average molecular weight is 287 g/mol. The molecule has 0 aliphatic carbocycles. The fraction of sp³-hybridized carbons (Fsp3) is 0.588. The molecule has 1 aliphatic heterocycles. The number of aliphatic hydroxyl groups is 1. The van der Waals surface area contributed by atoms with E-state index in [1.165, 1.54) is 11.8 Å². The highest BCUT2D eigenvalue weighted by molar-refractivity contribution is 5.81. The lowest BCUT2D eigenvalue weighted by Crippen LogP contribution is -2.45. The molecule has 1 N–H and O–H groups in total. The molecular formula is C17H25N3O. The number of benzene rings is 1. The van der Waals surface area contributed by atoms with Crippen LogP contribution in [-0.4, -0.2) is 45.0 Å². The van der Waals surface area contributed by atoms with Gasteiger partial charge in [-0.25, -0.2) is 0 Å². The summed E-state index contributed by atoms with van der Waals surface area (Å²) in [5, 5.41) is 16.7. The van der Waals surface area contributed by atoms with Gasteiger partial charge < -0.3 is 10.0 Å². The maximum Gasteiger partial charge on any atom is 0.0731 e. The van der Waals surface area contributed by atoms with Crippen molar-refractivity contribution in [1.82, 2.24) is 14.7 Å². The van der Waals surface area contributed by atoms with Gasteiger partial charge in [0.25, 0.3) is 0 Å². The van der Waals surface area contributed by atoms with Gasteiger partial charge in [-0.3, -0.25) is 4.68 Å². The second kappa shape index (κ2) is 5.78. The van der Waals surface area contributed by atoms with Gasteiger partial charge in [-0.05, 0) is 31.9 Å². The van der Waals surface area contributed by atoms with Crippen molar-refractivity contribution in [3.05, 3.63) is 30.0 Å². The minimum atomic E-state index is -0.596. The zero-order chi connectivity index (χ0) is 14.9. The summed E-state index contributed by atoms with van der Waals surface area (Å²) in [4.78, 5) is 2.45. The standard InChI is InChI=1S/C17H25N3O/c1-3-10-20-11-8-17(21,9-12-20)13-15-14-6-4-5-7-16(14)19(2)18-15/h4-7,21H,3,8-13H2,1-2H3. The highest BCUT2D eigenvalue weighted by Gasteiger charge is 2.33. The van der Waals surface area contributed by atoms with Crippen molar-refractivity contribution in [2.75, 3.05) is 19.6 Å². The Hall–Kier alpha value is -1.39. The molecule has 4 heteroatoms. The summed E-state index contributed by atoms with van der Waals surface area (Å²) in [7, 11) is 1.97. The third kappa shape index (κ3) is 2.97. The second-order valence-electron chi connectivity index (χ2n) is 6.33. The smallest absolute Gasteiger partial charge is 0.0731 e. The van der Waals surface area contributed by atoms with E-state index in [4.69, 9.17) is 0 Å². The lowest BCUT2D eigenvalue weighted by atomic mass is 9.86. The van der Waals surface area contributed by atoms with Crippen molar-refractivity contribution in [2.24, 2.45) is 7.05 Å². The summed E-state index contributed by atoms with van der Waals surface area (Å²) >= 11 is 0. The fourth-order valence-electron chi connectivity index (χ4n) is 3.42.